The molecule has 5 rings (SSSR count). The van der Waals surface area contributed by atoms with Crippen molar-refractivity contribution in [2.45, 2.75) is 36.9 Å². The molecule has 1 unspecified atom stereocenters. The minimum absolute atomic E-state index is 0.109. The van der Waals surface area contributed by atoms with Crippen molar-refractivity contribution in [2.75, 3.05) is 27.2 Å². The van der Waals surface area contributed by atoms with E-state index in [-0.39, 0.29) is 19.1 Å². The monoisotopic (exact) mass is 527 g/mol. The number of ether oxygens (including phenoxy) is 1. The van der Waals surface area contributed by atoms with Crippen LogP contribution >= 0.6 is 0 Å². The van der Waals surface area contributed by atoms with Crippen LogP contribution in [0.3, 0.4) is 0 Å². The number of carbonyl (C=O) groups is 3. The molecule has 39 heavy (non-hydrogen) atoms. The summed E-state index contributed by atoms with van der Waals surface area (Å²) in [6.45, 7) is 0.873. The molecule has 2 N–H and O–H groups in total. The quantitative estimate of drug-likeness (QED) is 0.412. The van der Waals surface area contributed by atoms with Crippen LogP contribution in [0.4, 0.5) is 4.79 Å². The summed E-state index contributed by atoms with van der Waals surface area (Å²) in [6.07, 6.45) is 0.0707. The van der Waals surface area contributed by atoms with Crippen LogP contribution in [-0.4, -0.2) is 71.7 Å². The van der Waals surface area contributed by atoms with E-state index >= 15 is 0 Å². The standard InChI is InChI=1S/C31H33N3O5/c1-33(18-21-10-4-3-5-11-21)19-27(28(35)34(2)31(16-17-31)29(36)37)32-30(38)39-20-26-24-14-8-6-12-22(24)23-13-7-9-15-25(23)26/h3-15,26-27H,16-20H2,1-2H3,(H,32,38)(H,36,37). The highest BCUT2D eigenvalue weighted by Gasteiger charge is 2.56. The summed E-state index contributed by atoms with van der Waals surface area (Å²) in [5.74, 6) is -1.60. The molecule has 0 heterocycles. The Bertz CT molecular complexity index is 1330. The van der Waals surface area contributed by atoms with Crippen LogP contribution < -0.4 is 5.32 Å². The topological polar surface area (TPSA) is 99.2 Å². The van der Waals surface area contributed by atoms with Crippen LogP contribution in [0.5, 0.6) is 0 Å². The van der Waals surface area contributed by atoms with Gasteiger partial charge in [-0.1, -0.05) is 78.9 Å². The number of hydrogen-bond donors (Lipinski definition) is 2. The fraction of sp³-hybridized carbons (Fsp3) is 0.323. The van der Waals surface area contributed by atoms with Crippen molar-refractivity contribution in [3.8, 4) is 11.1 Å². The third-order valence-corrected chi connectivity index (χ3v) is 7.82. The Balaban J connectivity index is 1.29. The molecule has 2 amide bonds. The zero-order valence-corrected chi connectivity index (χ0v) is 22.2. The number of nitrogens with zero attached hydrogens (tertiary/aromatic N) is 2. The maximum Gasteiger partial charge on any atom is 0.407 e. The van der Waals surface area contributed by atoms with Gasteiger partial charge in [-0.15, -0.1) is 0 Å². The Hall–Kier alpha value is -4.17. The summed E-state index contributed by atoms with van der Waals surface area (Å²) >= 11 is 0. The maximum absolute atomic E-state index is 13.5. The van der Waals surface area contributed by atoms with Gasteiger partial charge < -0.3 is 20.1 Å². The van der Waals surface area contributed by atoms with E-state index in [9.17, 15) is 19.5 Å². The number of fused-ring (bicyclic) bond motifs is 3. The first-order chi connectivity index (χ1) is 18.8. The number of amides is 2. The summed E-state index contributed by atoms with van der Waals surface area (Å²) in [5, 5.41) is 12.5. The number of nitrogens with one attached hydrogen (secondary N) is 1. The van der Waals surface area contributed by atoms with Crippen LogP contribution in [0.15, 0.2) is 78.9 Å². The molecule has 8 heteroatoms. The second kappa shape index (κ2) is 10.9. The van der Waals surface area contributed by atoms with Crippen LogP contribution in [0.2, 0.25) is 0 Å². The van der Waals surface area contributed by atoms with Crippen molar-refractivity contribution in [3.63, 3.8) is 0 Å². The molecule has 2 aliphatic rings. The Morgan fingerprint density at radius 2 is 1.49 bits per heavy atom. The van der Waals surface area contributed by atoms with Crippen molar-refractivity contribution in [1.29, 1.82) is 0 Å². The summed E-state index contributed by atoms with van der Waals surface area (Å²) in [6, 6.07) is 25.0. The minimum Gasteiger partial charge on any atom is -0.479 e. The number of benzene rings is 3. The van der Waals surface area contributed by atoms with Crippen LogP contribution in [-0.2, 0) is 20.9 Å². The average molecular weight is 528 g/mol. The first-order valence-electron chi connectivity index (χ1n) is 13.2. The third kappa shape index (κ3) is 5.38. The Kier molecular flexibility index (Phi) is 7.39. The van der Waals surface area contributed by atoms with Gasteiger partial charge >= 0.3 is 12.1 Å². The molecule has 8 nitrogen and oxygen atoms in total. The molecule has 0 radical (unpaired) electrons. The van der Waals surface area contributed by atoms with Crippen molar-refractivity contribution in [2.24, 2.45) is 0 Å². The molecular weight excluding hydrogens is 494 g/mol. The highest BCUT2D eigenvalue weighted by molar-refractivity contribution is 5.93. The predicted molar refractivity (Wildman–Crippen MR) is 147 cm³/mol. The van der Waals surface area contributed by atoms with Gasteiger partial charge in [0.25, 0.3) is 0 Å². The molecule has 1 fully saturated rings. The van der Waals surface area contributed by atoms with E-state index in [4.69, 9.17) is 4.74 Å². The maximum atomic E-state index is 13.5. The molecule has 202 valence electrons. The molecule has 0 spiro atoms. The van der Waals surface area contributed by atoms with Gasteiger partial charge in [-0.25, -0.2) is 9.59 Å². The van der Waals surface area contributed by atoms with E-state index in [1.54, 1.807) is 0 Å². The first kappa shape index (κ1) is 26.4. The van der Waals surface area contributed by atoms with Crippen molar-refractivity contribution in [3.05, 3.63) is 95.6 Å². The minimum atomic E-state index is -1.21. The summed E-state index contributed by atoms with van der Waals surface area (Å²) < 4.78 is 5.69. The first-order valence-corrected chi connectivity index (χ1v) is 13.2. The van der Waals surface area contributed by atoms with Gasteiger partial charge in [-0.2, -0.15) is 0 Å². The van der Waals surface area contributed by atoms with Gasteiger partial charge in [0.2, 0.25) is 5.91 Å². The largest absolute Gasteiger partial charge is 0.479 e. The fourth-order valence-electron chi connectivity index (χ4n) is 5.49. The number of hydrogen-bond acceptors (Lipinski definition) is 5. The number of alkyl carbamates (subject to hydrolysis) is 1. The number of carbonyl (C=O) groups excluding carboxylic acids is 2. The fourth-order valence-corrected chi connectivity index (χ4v) is 5.49. The molecule has 0 saturated heterocycles. The van der Waals surface area contributed by atoms with Gasteiger partial charge in [0.05, 0.1) is 0 Å². The lowest BCUT2D eigenvalue weighted by Gasteiger charge is -2.31. The van der Waals surface area contributed by atoms with E-state index < -0.39 is 29.6 Å². The molecule has 3 aromatic carbocycles. The van der Waals surface area contributed by atoms with E-state index in [0.717, 1.165) is 27.8 Å². The van der Waals surface area contributed by atoms with E-state index in [2.05, 4.69) is 17.4 Å². The van der Waals surface area contributed by atoms with Gasteiger partial charge in [0, 0.05) is 26.1 Å². The lowest BCUT2D eigenvalue weighted by Crippen LogP contribution is -2.56. The van der Waals surface area contributed by atoms with Crippen molar-refractivity contribution in [1.82, 2.24) is 15.1 Å². The molecule has 3 aromatic rings. The average Bonchev–Trinajstić information content (AvgIpc) is 3.70. The molecule has 0 bridgehead atoms. The second-order valence-corrected chi connectivity index (χ2v) is 10.4. The zero-order chi connectivity index (χ0) is 27.6. The highest BCUT2D eigenvalue weighted by Crippen LogP contribution is 2.44. The molecule has 2 aliphatic carbocycles. The number of likely N-dealkylation sites (N-methyl/N-ethyl adjacent to an activating group) is 2. The molecule has 0 aliphatic heterocycles. The summed E-state index contributed by atoms with van der Waals surface area (Å²) in [7, 11) is 3.35. The van der Waals surface area contributed by atoms with Gasteiger partial charge in [0.1, 0.15) is 18.2 Å². The number of carboxylic acids is 1. The predicted octanol–water partition coefficient (Wildman–Crippen LogP) is 4.10. The third-order valence-electron chi connectivity index (χ3n) is 7.82. The van der Waals surface area contributed by atoms with Crippen LogP contribution in [0.1, 0.15) is 35.4 Å². The van der Waals surface area contributed by atoms with Gasteiger partial charge in [0.15, 0.2) is 0 Å². The Morgan fingerprint density at radius 3 is 2.05 bits per heavy atom. The lowest BCUT2D eigenvalue weighted by atomic mass is 9.98. The normalized spacial score (nSPS) is 15.7. The van der Waals surface area contributed by atoms with Crippen molar-refractivity contribution < 1.29 is 24.2 Å². The van der Waals surface area contributed by atoms with E-state index in [1.807, 2.05) is 78.7 Å². The second-order valence-electron chi connectivity index (χ2n) is 10.4. The number of rotatable bonds is 10. The summed E-state index contributed by atoms with van der Waals surface area (Å²) in [4.78, 5) is 41.6. The van der Waals surface area contributed by atoms with Crippen molar-refractivity contribution >= 4 is 18.0 Å². The van der Waals surface area contributed by atoms with Crippen LogP contribution in [0, 0.1) is 0 Å². The van der Waals surface area contributed by atoms with Gasteiger partial charge in [-0.05, 0) is 47.7 Å². The lowest BCUT2D eigenvalue weighted by molar-refractivity contribution is -0.151. The molecule has 1 saturated carbocycles. The Labute approximate surface area is 228 Å². The summed E-state index contributed by atoms with van der Waals surface area (Å²) in [5.41, 5.74) is 4.29. The number of aliphatic carboxylic acids is 1. The number of carboxylic acid groups (broad SMARTS) is 1. The smallest absolute Gasteiger partial charge is 0.407 e. The van der Waals surface area contributed by atoms with Crippen LogP contribution in [0.25, 0.3) is 11.1 Å². The molecular formula is C31H33N3O5. The SMILES string of the molecule is CN(Cc1ccccc1)CC(NC(=O)OCC1c2ccccc2-c2ccccc21)C(=O)N(C)C1(C(=O)O)CC1. The molecule has 1 atom stereocenters. The zero-order valence-electron chi connectivity index (χ0n) is 22.2. The van der Waals surface area contributed by atoms with E-state index in [0.29, 0.717) is 19.4 Å². The Morgan fingerprint density at radius 1 is 0.923 bits per heavy atom. The van der Waals surface area contributed by atoms with E-state index in [1.165, 1.54) is 11.9 Å². The van der Waals surface area contributed by atoms with Gasteiger partial charge in [-0.3, -0.25) is 9.69 Å². The molecule has 0 aromatic heterocycles. The highest BCUT2D eigenvalue weighted by atomic mass is 16.5.